The Bertz CT molecular complexity index is 674. The van der Waals surface area contributed by atoms with Crippen molar-refractivity contribution in [2.45, 2.75) is 38.3 Å². The molecule has 2 saturated heterocycles. The van der Waals surface area contributed by atoms with E-state index in [0.29, 0.717) is 24.2 Å². The number of rotatable bonds is 5. The summed E-state index contributed by atoms with van der Waals surface area (Å²) in [4.78, 5) is 26.0. The molecule has 0 saturated carbocycles. The van der Waals surface area contributed by atoms with Crippen LogP contribution in [-0.2, 0) is 9.59 Å². The van der Waals surface area contributed by atoms with Gasteiger partial charge in [0.2, 0.25) is 0 Å². The van der Waals surface area contributed by atoms with Crippen molar-refractivity contribution < 1.29 is 24.5 Å². The maximum atomic E-state index is 9.55. The normalized spacial score (nSPS) is 21.6. The lowest BCUT2D eigenvalue weighted by molar-refractivity contribution is -0.134. The zero-order valence-corrected chi connectivity index (χ0v) is 15.2. The fourth-order valence-electron chi connectivity index (χ4n) is 3.31. The van der Waals surface area contributed by atoms with Crippen LogP contribution in [-0.4, -0.2) is 52.3 Å². The largest absolute Gasteiger partial charge is 0.478 e. The molecular formula is C19H25N3O5. The Balaban J connectivity index is 0.000000279. The molecule has 3 heterocycles. The molecule has 8 nitrogen and oxygen atoms in total. The molecule has 0 radical (unpaired) electrons. The highest BCUT2D eigenvalue weighted by atomic mass is 16.5. The summed E-state index contributed by atoms with van der Waals surface area (Å²) >= 11 is 0. The fraction of sp³-hybridized carbons (Fsp3) is 0.421. The first kappa shape index (κ1) is 20.4. The highest BCUT2D eigenvalue weighted by Crippen LogP contribution is 2.34. The number of carboxylic acid groups (broad SMARTS) is 2. The number of carbonyl (C=O) groups is 2. The molecule has 0 amide bonds. The highest BCUT2D eigenvalue weighted by molar-refractivity contribution is 5.89. The highest BCUT2D eigenvalue weighted by Gasteiger charge is 2.35. The average Bonchev–Trinajstić information content (AvgIpc) is 2.91. The lowest BCUT2D eigenvalue weighted by Gasteiger charge is -2.30. The molecule has 1 aromatic rings. The minimum absolute atomic E-state index is 0.558. The molecule has 0 unspecified atom stereocenters. The van der Waals surface area contributed by atoms with E-state index in [1.165, 1.54) is 24.9 Å². The second kappa shape index (κ2) is 10.3. The molecule has 2 aliphatic heterocycles. The van der Waals surface area contributed by atoms with Crippen molar-refractivity contribution in [3.63, 3.8) is 0 Å². The third kappa shape index (κ3) is 6.41. The van der Waals surface area contributed by atoms with Crippen LogP contribution in [0.5, 0.6) is 5.75 Å². The van der Waals surface area contributed by atoms with Gasteiger partial charge in [-0.3, -0.25) is 4.98 Å². The van der Waals surface area contributed by atoms with Crippen LogP contribution in [0.4, 0.5) is 5.69 Å². The van der Waals surface area contributed by atoms with Gasteiger partial charge in [0, 0.05) is 36.8 Å². The summed E-state index contributed by atoms with van der Waals surface area (Å²) in [5.74, 6) is -1.70. The number of pyridine rings is 1. The van der Waals surface area contributed by atoms with Gasteiger partial charge in [0.25, 0.3) is 0 Å². The summed E-state index contributed by atoms with van der Waals surface area (Å²) in [6.07, 6.45) is 12.2. The van der Waals surface area contributed by atoms with Gasteiger partial charge in [-0.25, -0.2) is 9.59 Å². The SMILES string of the molecule is C/C=C\Oc1cncc(N2[C@@H]3CCNC[C@H]2CC3)c1.O=C(O)/C=C/C(=O)O. The first-order valence-electron chi connectivity index (χ1n) is 8.87. The maximum Gasteiger partial charge on any atom is 0.328 e. The van der Waals surface area contributed by atoms with Crippen molar-refractivity contribution in [2.75, 3.05) is 18.0 Å². The molecule has 3 N–H and O–H groups in total. The van der Waals surface area contributed by atoms with E-state index in [0.717, 1.165) is 18.8 Å². The minimum atomic E-state index is -1.26. The van der Waals surface area contributed by atoms with Gasteiger partial charge < -0.3 is 25.2 Å². The molecule has 2 aliphatic rings. The Morgan fingerprint density at radius 2 is 1.89 bits per heavy atom. The van der Waals surface area contributed by atoms with Crippen LogP contribution in [0.25, 0.3) is 0 Å². The van der Waals surface area contributed by atoms with E-state index >= 15 is 0 Å². The quantitative estimate of drug-likeness (QED) is 0.529. The molecule has 146 valence electrons. The molecule has 27 heavy (non-hydrogen) atoms. The Morgan fingerprint density at radius 3 is 2.56 bits per heavy atom. The van der Waals surface area contributed by atoms with Crippen LogP contribution in [0.2, 0.25) is 0 Å². The number of anilines is 1. The van der Waals surface area contributed by atoms with Crippen LogP contribution in [0.15, 0.2) is 43.0 Å². The monoisotopic (exact) mass is 375 g/mol. The number of nitrogens with zero attached hydrogens (tertiary/aromatic N) is 2. The molecule has 8 heteroatoms. The van der Waals surface area contributed by atoms with Crippen LogP contribution in [0.1, 0.15) is 26.2 Å². The Labute approximate surface area is 158 Å². The topological polar surface area (TPSA) is 112 Å². The van der Waals surface area contributed by atoms with Crippen molar-refractivity contribution in [3.05, 3.63) is 43.0 Å². The standard InChI is InChI=1S/C15H21N3O.C4H4O4/c1-2-7-19-15-8-14(10-17-11-15)18-12-3-4-13(18)9-16-6-5-12;5-3(6)1-2-4(7)8/h2,7-8,10-13,16H,3-6,9H2,1H3;1-2H,(H,5,6)(H,7,8)/b7-2-;2-1+/t12-,13+;/m0./s1. The number of hydrogen-bond donors (Lipinski definition) is 3. The van der Waals surface area contributed by atoms with E-state index in [2.05, 4.69) is 21.3 Å². The molecule has 3 rings (SSSR count). The zero-order valence-electron chi connectivity index (χ0n) is 15.2. The first-order valence-corrected chi connectivity index (χ1v) is 8.87. The van der Waals surface area contributed by atoms with Gasteiger partial charge in [0.05, 0.1) is 24.3 Å². The number of nitrogens with one attached hydrogen (secondary N) is 1. The fourth-order valence-corrected chi connectivity index (χ4v) is 3.31. The van der Waals surface area contributed by atoms with Crippen molar-refractivity contribution in [1.29, 1.82) is 0 Å². The minimum Gasteiger partial charge on any atom is -0.478 e. The summed E-state index contributed by atoms with van der Waals surface area (Å²) in [6, 6.07) is 3.36. The number of hydrogen-bond acceptors (Lipinski definition) is 6. The van der Waals surface area contributed by atoms with Gasteiger partial charge >= 0.3 is 11.9 Å². The van der Waals surface area contributed by atoms with E-state index in [1.54, 1.807) is 12.5 Å². The van der Waals surface area contributed by atoms with Crippen molar-refractivity contribution >= 4 is 17.6 Å². The summed E-state index contributed by atoms with van der Waals surface area (Å²) < 4.78 is 5.52. The third-order valence-corrected chi connectivity index (χ3v) is 4.36. The Hall–Kier alpha value is -2.87. The van der Waals surface area contributed by atoms with Gasteiger partial charge in [-0.05, 0) is 32.7 Å². The van der Waals surface area contributed by atoms with E-state index in [-0.39, 0.29) is 0 Å². The molecule has 2 atom stereocenters. The maximum absolute atomic E-state index is 9.55. The van der Waals surface area contributed by atoms with E-state index < -0.39 is 11.9 Å². The van der Waals surface area contributed by atoms with Crippen LogP contribution < -0.4 is 15.0 Å². The molecule has 0 spiro atoms. The number of fused-ring (bicyclic) bond motifs is 2. The Morgan fingerprint density at radius 1 is 1.19 bits per heavy atom. The van der Waals surface area contributed by atoms with Gasteiger partial charge in [0.1, 0.15) is 5.75 Å². The molecule has 0 aromatic carbocycles. The lowest BCUT2D eigenvalue weighted by Crippen LogP contribution is -2.38. The molecule has 0 aliphatic carbocycles. The number of carboxylic acids is 2. The molecule has 2 bridgehead atoms. The van der Waals surface area contributed by atoms with Crippen molar-refractivity contribution in [3.8, 4) is 5.75 Å². The zero-order chi connectivity index (χ0) is 19.6. The van der Waals surface area contributed by atoms with Gasteiger partial charge in [-0.2, -0.15) is 0 Å². The smallest absolute Gasteiger partial charge is 0.328 e. The summed E-state index contributed by atoms with van der Waals surface area (Å²) in [7, 11) is 0. The number of aromatic nitrogens is 1. The number of aliphatic carboxylic acids is 2. The van der Waals surface area contributed by atoms with Gasteiger partial charge in [0.15, 0.2) is 0 Å². The van der Waals surface area contributed by atoms with Gasteiger partial charge in [-0.1, -0.05) is 6.08 Å². The summed E-state index contributed by atoms with van der Waals surface area (Å²) in [5, 5.41) is 19.1. The summed E-state index contributed by atoms with van der Waals surface area (Å²) in [5.41, 5.74) is 1.19. The molecule has 1 aromatic heterocycles. The Kier molecular flexibility index (Phi) is 7.81. The van der Waals surface area contributed by atoms with Crippen LogP contribution in [0.3, 0.4) is 0 Å². The molecule has 2 fully saturated rings. The third-order valence-electron chi connectivity index (χ3n) is 4.36. The first-order chi connectivity index (χ1) is 13.0. The van der Waals surface area contributed by atoms with Crippen LogP contribution in [0, 0.1) is 0 Å². The number of allylic oxidation sites excluding steroid dienone is 1. The van der Waals surface area contributed by atoms with Crippen molar-refractivity contribution in [1.82, 2.24) is 10.3 Å². The number of ether oxygens (including phenoxy) is 1. The van der Waals surface area contributed by atoms with Crippen LogP contribution >= 0.6 is 0 Å². The predicted octanol–water partition coefficient (Wildman–Crippen LogP) is 2.04. The second-order valence-electron chi connectivity index (χ2n) is 6.26. The summed E-state index contributed by atoms with van der Waals surface area (Å²) in [6.45, 7) is 4.15. The second-order valence-corrected chi connectivity index (χ2v) is 6.26. The average molecular weight is 375 g/mol. The predicted molar refractivity (Wildman–Crippen MR) is 101 cm³/mol. The lowest BCUT2D eigenvalue weighted by atomic mass is 10.1. The molecular weight excluding hydrogens is 350 g/mol. The van der Waals surface area contributed by atoms with Crippen molar-refractivity contribution in [2.24, 2.45) is 0 Å². The van der Waals surface area contributed by atoms with E-state index in [1.807, 2.05) is 19.2 Å². The van der Waals surface area contributed by atoms with Gasteiger partial charge in [-0.15, -0.1) is 0 Å². The van der Waals surface area contributed by atoms with E-state index in [9.17, 15) is 9.59 Å². The van der Waals surface area contributed by atoms with E-state index in [4.69, 9.17) is 14.9 Å².